The van der Waals surface area contributed by atoms with Crippen LogP contribution in [0.2, 0.25) is 0 Å². The molecule has 1 aromatic carbocycles. The van der Waals surface area contributed by atoms with E-state index in [0.29, 0.717) is 40.0 Å². The zero-order chi connectivity index (χ0) is 25.1. The SMILES string of the molecule is C#CC(=C\F)/C=C(O[C@H]1C[C@@H]1C)\C(C#N)=C\c1c(-c2ccc3c(=O)[nH]nc(CN)c3c2)cnn1C. The summed E-state index contributed by atoms with van der Waals surface area (Å²) in [4.78, 5) is 12.2. The average Bonchev–Trinajstić information content (AvgIpc) is 3.44. The fourth-order valence-electron chi connectivity index (χ4n) is 3.72. The molecule has 9 heteroatoms. The predicted octanol–water partition coefficient (Wildman–Crippen LogP) is 3.48. The topological polar surface area (TPSA) is 123 Å². The first-order valence-electron chi connectivity index (χ1n) is 10.9. The van der Waals surface area contributed by atoms with Gasteiger partial charge in [-0.1, -0.05) is 18.9 Å². The van der Waals surface area contributed by atoms with E-state index in [0.717, 1.165) is 12.0 Å². The van der Waals surface area contributed by atoms with Gasteiger partial charge in [-0.3, -0.25) is 9.48 Å². The van der Waals surface area contributed by atoms with Gasteiger partial charge in [0, 0.05) is 24.5 Å². The quantitative estimate of drug-likeness (QED) is 0.236. The maximum absolute atomic E-state index is 13.2. The van der Waals surface area contributed by atoms with Crippen LogP contribution in [0.5, 0.6) is 0 Å². The second-order valence-electron chi connectivity index (χ2n) is 8.29. The Morgan fingerprint density at radius 2 is 2.23 bits per heavy atom. The van der Waals surface area contributed by atoms with Crippen molar-refractivity contribution in [2.45, 2.75) is 26.0 Å². The third kappa shape index (κ3) is 4.77. The lowest BCUT2D eigenvalue weighted by molar-refractivity contribution is 0.195. The Bertz CT molecular complexity index is 1530. The lowest BCUT2D eigenvalue weighted by atomic mass is 10.0. The Hall–Kier alpha value is -4.47. The molecule has 1 fully saturated rings. The molecule has 2 aromatic heterocycles. The monoisotopic (exact) mass is 470 g/mol. The van der Waals surface area contributed by atoms with Gasteiger partial charge in [-0.2, -0.15) is 15.5 Å². The Balaban J connectivity index is 1.84. The van der Waals surface area contributed by atoms with E-state index in [-0.39, 0.29) is 35.1 Å². The fourth-order valence-corrected chi connectivity index (χ4v) is 3.72. The van der Waals surface area contributed by atoms with Crippen LogP contribution in [0.25, 0.3) is 28.0 Å². The van der Waals surface area contributed by atoms with Gasteiger partial charge in [0.1, 0.15) is 24.3 Å². The molecule has 3 aromatic rings. The van der Waals surface area contributed by atoms with Crippen molar-refractivity contribution in [2.24, 2.45) is 18.7 Å². The molecular weight excluding hydrogens is 447 g/mol. The first-order valence-corrected chi connectivity index (χ1v) is 10.9. The van der Waals surface area contributed by atoms with Gasteiger partial charge in [-0.15, -0.1) is 6.42 Å². The van der Waals surface area contributed by atoms with Crippen molar-refractivity contribution < 1.29 is 9.13 Å². The largest absolute Gasteiger partial charge is 0.489 e. The number of allylic oxidation sites excluding steroid dienone is 3. The molecule has 0 aliphatic heterocycles. The summed E-state index contributed by atoms with van der Waals surface area (Å²) >= 11 is 0. The van der Waals surface area contributed by atoms with Gasteiger partial charge < -0.3 is 10.5 Å². The van der Waals surface area contributed by atoms with Crippen molar-refractivity contribution in [1.29, 1.82) is 5.26 Å². The van der Waals surface area contributed by atoms with Gasteiger partial charge in [0.25, 0.3) is 5.56 Å². The highest BCUT2D eigenvalue weighted by atomic mass is 19.1. The van der Waals surface area contributed by atoms with Crippen molar-refractivity contribution in [1.82, 2.24) is 20.0 Å². The number of terminal acetylenes is 1. The number of H-pyrrole nitrogens is 1. The molecular formula is C26H23FN6O2. The molecule has 35 heavy (non-hydrogen) atoms. The third-order valence-electron chi connectivity index (χ3n) is 5.91. The van der Waals surface area contributed by atoms with Gasteiger partial charge in [-0.05, 0) is 42.2 Å². The zero-order valence-corrected chi connectivity index (χ0v) is 19.2. The molecule has 0 amide bonds. The first-order chi connectivity index (χ1) is 16.9. The second kappa shape index (κ2) is 9.80. The summed E-state index contributed by atoms with van der Waals surface area (Å²) in [6, 6.07) is 7.45. The number of hydrogen-bond acceptors (Lipinski definition) is 6. The molecule has 2 heterocycles. The number of aromatic amines is 1. The molecule has 4 rings (SSSR count). The third-order valence-corrected chi connectivity index (χ3v) is 5.91. The van der Waals surface area contributed by atoms with Crippen LogP contribution >= 0.6 is 0 Å². The van der Waals surface area contributed by atoms with Crippen LogP contribution in [0.4, 0.5) is 4.39 Å². The van der Waals surface area contributed by atoms with Crippen LogP contribution in [0.15, 0.2) is 58.5 Å². The molecule has 0 bridgehead atoms. The summed E-state index contributed by atoms with van der Waals surface area (Å²) in [5.74, 6) is 2.76. The van der Waals surface area contributed by atoms with Crippen molar-refractivity contribution in [3.8, 4) is 29.5 Å². The van der Waals surface area contributed by atoms with Crippen LogP contribution in [-0.2, 0) is 18.3 Å². The van der Waals surface area contributed by atoms with Crippen LogP contribution in [0, 0.1) is 29.6 Å². The first kappa shape index (κ1) is 23.7. The van der Waals surface area contributed by atoms with Crippen molar-refractivity contribution in [2.75, 3.05) is 0 Å². The van der Waals surface area contributed by atoms with Crippen molar-refractivity contribution >= 4 is 16.8 Å². The highest BCUT2D eigenvalue weighted by Gasteiger charge is 2.36. The fraction of sp³-hybridized carbons (Fsp3) is 0.231. The molecule has 3 N–H and O–H groups in total. The molecule has 0 saturated heterocycles. The van der Waals surface area contributed by atoms with Crippen LogP contribution in [-0.4, -0.2) is 26.1 Å². The number of rotatable bonds is 7. The molecule has 0 radical (unpaired) electrons. The Morgan fingerprint density at radius 3 is 2.86 bits per heavy atom. The lowest BCUT2D eigenvalue weighted by Crippen LogP contribution is -2.13. The van der Waals surface area contributed by atoms with Gasteiger partial charge >= 0.3 is 0 Å². The van der Waals surface area contributed by atoms with Gasteiger partial charge in [0.2, 0.25) is 0 Å². The van der Waals surface area contributed by atoms with E-state index in [2.05, 4.69) is 27.3 Å². The number of aromatic nitrogens is 4. The number of nitrogens with two attached hydrogens (primary N) is 1. The van der Waals surface area contributed by atoms with Gasteiger partial charge in [0.05, 0.1) is 34.1 Å². The number of nitriles is 1. The highest BCUT2D eigenvalue weighted by Crippen LogP contribution is 2.37. The van der Waals surface area contributed by atoms with E-state index in [4.69, 9.17) is 16.9 Å². The summed E-state index contributed by atoms with van der Waals surface area (Å²) in [6.45, 7) is 2.18. The Kier molecular flexibility index (Phi) is 6.63. The number of ether oxygens (including phenoxy) is 1. The lowest BCUT2D eigenvalue weighted by Gasteiger charge is -2.11. The van der Waals surface area contributed by atoms with E-state index in [1.54, 1.807) is 36.1 Å². The minimum atomic E-state index is -0.312. The molecule has 176 valence electrons. The van der Waals surface area contributed by atoms with Crippen molar-refractivity contribution in [3.63, 3.8) is 0 Å². The predicted molar refractivity (Wildman–Crippen MR) is 131 cm³/mol. The second-order valence-corrected chi connectivity index (χ2v) is 8.29. The minimum Gasteiger partial charge on any atom is -0.489 e. The summed E-state index contributed by atoms with van der Waals surface area (Å²) < 4.78 is 20.8. The number of benzene rings is 1. The summed E-state index contributed by atoms with van der Waals surface area (Å²) in [7, 11) is 1.74. The standard InChI is InChI=1S/C26H23FN6O2/c1-4-16(11-27)8-25(35-24-7-15(24)2)18(12-28)10-23-21(14-30-33(23)3)17-5-6-19-20(9-17)22(13-29)31-32-26(19)34/h1,5-6,8-11,14-15,24H,7,13,29H2,2-3H3,(H,32,34)/b16-11+,18-10+,25-8+/t15-,24-/m0/s1. The minimum absolute atomic E-state index is 0.0405. The molecule has 1 aliphatic rings. The molecule has 8 nitrogen and oxygen atoms in total. The van der Waals surface area contributed by atoms with E-state index in [1.807, 2.05) is 13.0 Å². The number of nitrogens with zero attached hydrogens (tertiary/aromatic N) is 4. The average molecular weight is 471 g/mol. The molecule has 1 saturated carbocycles. The number of nitrogens with one attached hydrogen (secondary N) is 1. The summed E-state index contributed by atoms with van der Waals surface area (Å²) in [5.41, 5.74) is 8.26. The van der Waals surface area contributed by atoms with Crippen LogP contribution in [0.1, 0.15) is 24.7 Å². The zero-order valence-electron chi connectivity index (χ0n) is 19.2. The number of fused-ring (bicyclic) bond motifs is 1. The maximum atomic E-state index is 13.2. The van der Waals surface area contributed by atoms with E-state index in [1.165, 1.54) is 6.08 Å². The van der Waals surface area contributed by atoms with Gasteiger partial charge in [-0.25, -0.2) is 9.49 Å². The number of hydrogen-bond donors (Lipinski definition) is 2. The summed E-state index contributed by atoms with van der Waals surface area (Å²) in [6.07, 6.45) is 11.1. The molecule has 0 spiro atoms. The maximum Gasteiger partial charge on any atom is 0.272 e. The van der Waals surface area contributed by atoms with E-state index >= 15 is 0 Å². The normalized spacial score (nSPS) is 18.3. The molecule has 2 atom stereocenters. The molecule has 0 unspecified atom stereocenters. The van der Waals surface area contributed by atoms with Crippen molar-refractivity contribution in [3.05, 3.63) is 75.4 Å². The highest BCUT2D eigenvalue weighted by molar-refractivity contribution is 5.89. The Morgan fingerprint density at radius 1 is 1.46 bits per heavy atom. The summed E-state index contributed by atoms with van der Waals surface area (Å²) in [5, 5.41) is 21.9. The Labute approximate surface area is 201 Å². The van der Waals surface area contributed by atoms with E-state index < -0.39 is 0 Å². The smallest absolute Gasteiger partial charge is 0.272 e. The van der Waals surface area contributed by atoms with Gasteiger partial charge in [0.15, 0.2) is 0 Å². The van der Waals surface area contributed by atoms with Crippen LogP contribution < -0.4 is 11.3 Å². The number of aryl methyl sites for hydroxylation is 1. The number of halogens is 1. The van der Waals surface area contributed by atoms with Crippen LogP contribution in [0.3, 0.4) is 0 Å². The van der Waals surface area contributed by atoms with E-state index in [9.17, 15) is 14.4 Å². The molecule has 1 aliphatic carbocycles.